The normalized spacial score (nSPS) is 15.9. The number of anilines is 1. The quantitative estimate of drug-likeness (QED) is 0.0366. The molecule has 4 aromatic rings. The van der Waals surface area contributed by atoms with Crippen LogP contribution < -0.4 is 9.64 Å². The number of unbranched alkanes of at least 4 members (excludes halogenated alkanes) is 1. The van der Waals surface area contributed by atoms with E-state index in [1.54, 1.807) is 48.5 Å². The Labute approximate surface area is 263 Å². The summed E-state index contributed by atoms with van der Waals surface area (Å²) in [5.41, 5.74) is 3.35. The van der Waals surface area contributed by atoms with Crippen LogP contribution in [0.5, 0.6) is 5.75 Å². The van der Waals surface area contributed by atoms with Crippen molar-refractivity contribution in [1.29, 1.82) is 0 Å². The van der Waals surface area contributed by atoms with E-state index < -0.39 is 23.7 Å². The van der Waals surface area contributed by atoms with E-state index in [-0.39, 0.29) is 16.5 Å². The van der Waals surface area contributed by atoms with Crippen molar-refractivity contribution >= 4 is 51.6 Å². The molecule has 11 heteroatoms. The third-order valence-corrected chi connectivity index (χ3v) is 9.20. The number of Topliss-reactive ketones (excluding diaryl/α,β-unsaturated/α-hetero) is 1. The second-order valence-corrected chi connectivity index (χ2v) is 12.3. The number of carbonyl (C=O) groups is 3. The summed E-state index contributed by atoms with van der Waals surface area (Å²) in [5, 5.41) is 20.2. The Morgan fingerprint density at radius 3 is 2.32 bits per heavy atom. The first-order valence-electron chi connectivity index (χ1n) is 14.0. The first kappa shape index (κ1) is 31.0. The predicted molar refractivity (Wildman–Crippen MR) is 170 cm³/mol. The van der Waals surface area contributed by atoms with Gasteiger partial charge in [0.25, 0.3) is 5.78 Å². The van der Waals surface area contributed by atoms with Crippen LogP contribution in [0.1, 0.15) is 58.4 Å². The Kier molecular flexibility index (Phi) is 9.76. The van der Waals surface area contributed by atoms with Gasteiger partial charge in [-0.05, 0) is 60.9 Å². The number of ether oxygens (including phenoxy) is 2. The molecule has 1 unspecified atom stereocenters. The molecular formula is C33H31N3O6S2. The summed E-state index contributed by atoms with van der Waals surface area (Å²) in [5.74, 6) is -1.24. The number of thioether (sulfide) groups is 1. The number of carbonyl (C=O) groups excluding carboxylic acids is 3. The topological polar surface area (TPSA) is 119 Å². The number of aliphatic hydroxyl groups is 1. The molecule has 226 valence electrons. The molecule has 1 atom stereocenters. The molecule has 0 saturated carbocycles. The minimum absolute atomic E-state index is 0.0930. The molecule has 0 spiro atoms. The van der Waals surface area contributed by atoms with Crippen LogP contribution in [0.15, 0.2) is 82.7 Å². The lowest BCUT2D eigenvalue weighted by atomic mass is 9.94. The van der Waals surface area contributed by atoms with Crippen LogP contribution >= 0.6 is 23.1 Å². The number of aliphatic hydroxyl groups excluding tert-OH is 1. The van der Waals surface area contributed by atoms with E-state index in [0.29, 0.717) is 39.1 Å². The molecule has 1 saturated heterocycles. The van der Waals surface area contributed by atoms with Gasteiger partial charge in [0, 0.05) is 11.3 Å². The molecule has 3 aromatic carbocycles. The van der Waals surface area contributed by atoms with E-state index in [4.69, 9.17) is 9.47 Å². The number of amides is 1. The van der Waals surface area contributed by atoms with Gasteiger partial charge in [0.05, 0.1) is 30.9 Å². The van der Waals surface area contributed by atoms with Crippen molar-refractivity contribution in [3.8, 4) is 5.75 Å². The number of esters is 1. The number of methoxy groups -OCH3 is 1. The minimum Gasteiger partial charge on any atom is -0.507 e. The average Bonchev–Trinajstić information content (AvgIpc) is 3.62. The fourth-order valence-corrected chi connectivity index (χ4v) is 6.47. The number of aryl methyl sites for hydroxylation is 1. The van der Waals surface area contributed by atoms with Crippen LogP contribution in [0.2, 0.25) is 0 Å². The molecule has 1 N–H and O–H groups in total. The molecule has 1 fully saturated rings. The van der Waals surface area contributed by atoms with Crippen LogP contribution in [0.3, 0.4) is 0 Å². The van der Waals surface area contributed by atoms with E-state index in [0.717, 1.165) is 18.4 Å². The Morgan fingerprint density at radius 1 is 0.977 bits per heavy atom. The maximum Gasteiger partial charge on any atom is 0.337 e. The van der Waals surface area contributed by atoms with Crippen LogP contribution in [0.25, 0.3) is 5.76 Å². The Bertz CT molecular complexity index is 1680. The van der Waals surface area contributed by atoms with Crippen LogP contribution in [-0.2, 0) is 20.1 Å². The first-order valence-corrected chi connectivity index (χ1v) is 15.8. The molecule has 9 nitrogen and oxygen atoms in total. The van der Waals surface area contributed by atoms with Crippen molar-refractivity contribution in [3.05, 3.63) is 106 Å². The van der Waals surface area contributed by atoms with Gasteiger partial charge in [-0.15, -0.1) is 10.2 Å². The fourth-order valence-electron chi connectivity index (χ4n) is 4.65. The highest BCUT2D eigenvalue weighted by Crippen LogP contribution is 2.44. The van der Waals surface area contributed by atoms with Gasteiger partial charge in [0.2, 0.25) is 5.13 Å². The van der Waals surface area contributed by atoms with Crippen molar-refractivity contribution in [1.82, 2.24) is 10.2 Å². The molecule has 5 rings (SSSR count). The predicted octanol–water partition coefficient (Wildman–Crippen LogP) is 6.73. The maximum atomic E-state index is 13.5. The Morgan fingerprint density at radius 2 is 1.66 bits per heavy atom. The highest BCUT2D eigenvalue weighted by atomic mass is 32.2. The summed E-state index contributed by atoms with van der Waals surface area (Å²) in [6, 6.07) is 20.2. The first-order chi connectivity index (χ1) is 21.3. The van der Waals surface area contributed by atoms with Gasteiger partial charge in [-0.1, -0.05) is 78.4 Å². The SMILES string of the molecule is CCCCOc1ccc(/C(O)=C2/C(=O)C(=O)N(c3nnc(SCc4ccc(C)cc4)s3)C2c2ccc(C(=O)OC)cc2)cc1. The van der Waals surface area contributed by atoms with E-state index in [9.17, 15) is 19.5 Å². The van der Waals surface area contributed by atoms with Crippen molar-refractivity contribution in [2.24, 2.45) is 0 Å². The molecule has 1 amide bonds. The van der Waals surface area contributed by atoms with Gasteiger partial charge >= 0.3 is 11.9 Å². The second-order valence-electron chi connectivity index (χ2n) is 10.1. The van der Waals surface area contributed by atoms with Crippen molar-refractivity contribution < 1.29 is 29.0 Å². The zero-order valence-electron chi connectivity index (χ0n) is 24.5. The van der Waals surface area contributed by atoms with Crippen LogP contribution in [0, 0.1) is 6.92 Å². The molecule has 1 aliphatic heterocycles. The largest absolute Gasteiger partial charge is 0.507 e. The smallest absolute Gasteiger partial charge is 0.337 e. The summed E-state index contributed by atoms with van der Waals surface area (Å²) >= 11 is 2.66. The van der Waals surface area contributed by atoms with Gasteiger partial charge in [0.15, 0.2) is 4.34 Å². The third-order valence-electron chi connectivity index (χ3n) is 7.07. The van der Waals surface area contributed by atoms with Gasteiger partial charge in [-0.25, -0.2) is 4.79 Å². The standard InChI is InChI=1S/C33H31N3O6S2/c1-4-5-18-42-25-16-14-23(15-17-25)28(37)26-27(22-10-12-24(13-11-22)31(40)41-3)36(30(39)29(26)38)32-34-35-33(44-32)43-19-21-8-6-20(2)7-9-21/h6-17,27,37H,4-5,18-19H2,1-3H3/b28-26-. The zero-order valence-corrected chi connectivity index (χ0v) is 26.1. The third kappa shape index (κ3) is 6.68. The highest BCUT2D eigenvalue weighted by molar-refractivity contribution is 8.00. The Hall–Kier alpha value is -4.48. The summed E-state index contributed by atoms with van der Waals surface area (Å²) < 4.78 is 11.2. The number of hydrogen-bond donors (Lipinski definition) is 1. The lowest BCUT2D eigenvalue weighted by molar-refractivity contribution is -0.132. The van der Waals surface area contributed by atoms with Gasteiger partial charge in [-0.2, -0.15) is 0 Å². The molecule has 1 aromatic heterocycles. The number of nitrogens with zero attached hydrogens (tertiary/aromatic N) is 3. The summed E-state index contributed by atoms with van der Waals surface area (Å²) in [7, 11) is 1.29. The molecular weight excluding hydrogens is 599 g/mol. The monoisotopic (exact) mass is 629 g/mol. The molecule has 44 heavy (non-hydrogen) atoms. The summed E-state index contributed by atoms with van der Waals surface area (Å²) in [6.45, 7) is 4.67. The Balaban J connectivity index is 1.50. The van der Waals surface area contributed by atoms with E-state index in [1.165, 1.54) is 40.7 Å². The number of rotatable bonds is 11. The molecule has 0 radical (unpaired) electrons. The van der Waals surface area contributed by atoms with Crippen molar-refractivity contribution in [2.45, 2.75) is 42.8 Å². The molecule has 0 bridgehead atoms. The molecule has 2 heterocycles. The molecule has 0 aliphatic carbocycles. The maximum absolute atomic E-state index is 13.5. The van der Waals surface area contributed by atoms with E-state index >= 15 is 0 Å². The minimum atomic E-state index is -1.01. The fraction of sp³-hybridized carbons (Fsp3) is 0.242. The number of benzene rings is 3. The van der Waals surface area contributed by atoms with Crippen LogP contribution in [-0.4, -0.2) is 46.7 Å². The number of aromatic nitrogens is 2. The van der Waals surface area contributed by atoms with Crippen molar-refractivity contribution in [3.63, 3.8) is 0 Å². The summed E-state index contributed by atoms with van der Waals surface area (Å²) in [4.78, 5) is 40.4. The highest BCUT2D eigenvalue weighted by Gasteiger charge is 2.48. The lowest BCUT2D eigenvalue weighted by Gasteiger charge is -2.22. The number of hydrogen-bond acceptors (Lipinski definition) is 10. The average molecular weight is 630 g/mol. The van der Waals surface area contributed by atoms with Gasteiger partial charge in [0.1, 0.15) is 11.5 Å². The van der Waals surface area contributed by atoms with E-state index in [1.807, 2.05) is 31.2 Å². The van der Waals surface area contributed by atoms with Gasteiger partial charge < -0.3 is 14.6 Å². The number of ketones is 1. The molecule has 1 aliphatic rings. The van der Waals surface area contributed by atoms with E-state index in [2.05, 4.69) is 17.1 Å². The summed E-state index contributed by atoms with van der Waals surface area (Å²) in [6.07, 6.45) is 1.92. The van der Waals surface area contributed by atoms with Crippen molar-refractivity contribution in [2.75, 3.05) is 18.6 Å². The van der Waals surface area contributed by atoms with Gasteiger partial charge in [-0.3, -0.25) is 14.5 Å². The van der Waals surface area contributed by atoms with Crippen LogP contribution in [0.4, 0.5) is 5.13 Å². The second kappa shape index (κ2) is 13.9. The zero-order chi connectivity index (χ0) is 31.2. The lowest BCUT2D eigenvalue weighted by Crippen LogP contribution is -2.29.